The van der Waals surface area contributed by atoms with Crippen molar-refractivity contribution in [1.82, 2.24) is 5.32 Å². The molecule has 2 aromatic carbocycles. The van der Waals surface area contributed by atoms with Gasteiger partial charge < -0.3 is 5.32 Å². The second-order valence-corrected chi connectivity index (χ2v) is 7.37. The molecule has 0 bridgehead atoms. The van der Waals surface area contributed by atoms with Gasteiger partial charge in [-0.25, -0.2) is 4.39 Å². The summed E-state index contributed by atoms with van der Waals surface area (Å²) in [4.78, 5) is 0. The summed E-state index contributed by atoms with van der Waals surface area (Å²) in [6.07, 6.45) is 2.23. The molecule has 1 aliphatic carbocycles. The average molecular weight is 413 g/mol. The van der Waals surface area contributed by atoms with Crippen LogP contribution in [-0.2, 0) is 6.54 Å². The highest BCUT2D eigenvalue weighted by Gasteiger charge is 2.29. The lowest BCUT2D eigenvalue weighted by molar-refractivity contribution is 0.288. The monoisotopic (exact) mass is 411 g/mol. The molecule has 1 saturated carbocycles. The van der Waals surface area contributed by atoms with Gasteiger partial charge in [0.25, 0.3) is 0 Å². The van der Waals surface area contributed by atoms with Gasteiger partial charge in [0.05, 0.1) is 0 Å². The van der Waals surface area contributed by atoms with Gasteiger partial charge in [0, 0.05) is 27.1 Å². The van der Waals surface area contributed by atoms with Gasteiger partial charge in [-0.05, 0) is 54.7 Å². The Labute approximate surface area is 141 Å². The molecule has 0 saturated heterocycles. The molecule has 1 aliphatic rings. The quantitative estimate of drug-likeness (QED) is 0.710. The highest BCUT2D eigenvalue weighted by atomic mass is 79.9. The van der Waals surface area contributed by atoms with Crippen LogP contribution in [-0.4, -0.2) is 6.04 Å². The van der Waals surface area contributed by atoms with Gasteiger partial charge in [-0.1, -0.05) is 44.0 Å². The molecule has 110 valence electrons. The van der Waals surface area contributed by atoms with Gasteiger partial charge in [-0.3, -0.25) is 0 Å². The molecule has 0 radical (unpaired) electrons. The van der Waals surface area contributed by atoms with Crippen molar-refractivity contribution >= 4 is 31.9 Å². The normalized spacial score (nSPS) is 21.1. The van der Waals surface area contributed by atoms with E-state index in [0.717, 1.165) is 27.4 Å². The molecule has 1 nitrogen and oxygen atoms in total. The van der Waals surface area contributed by atoms with E-state index in [4.69, 9.17) is 0 Å². The summed E-state index contributed by atoms with van der Waals surface area (Å²) in [5.41, 5.74) is 2.10. The second kappa shape index (κ2) is 6.59. The molecular weight excluding hydrogens is 397 g/mol. The van der Waals surface area contributed by atoms with Crippen molar-refractivity contribution < 1.29 is 4.39 Å². The summed E-state index contributed by atoms with van der Waals surface area (Å²) < 4.78 is 15.7. The minimum absolute atomic E-state index is 0.145. The fraction of sp³-hybridized carbons (Fsp3) is 0.294. The molecule has 2 aromatic rings. The molecule has 0 aromatic heterocycles. The fourth-order valence-electron chi connectivity index (χ4n) is 2.75. The predicted molar refractivity (Wildman–Crippen MR) is 90.8 cm³/mol. The van der Waals surface area contributed by atoms with Gasteiger partial charge in [-0.15, -0.1) is 0 Å². The molecule has 0 unspecified atom stereocenters. The third kappa shape index (κ3) is 3.74. The topological polar surface area (TPSA) is 12.0 Å². The van der Waals surface area contributed by atoms with E-state index in [9.17, 15) is 4.39 Å². The number of halogens is 3. The highest BCUT2D eigenvalue weighted by Crippen LogP contribution is 2.37. The average Bonchev–Trinajstić information content (AvgIpc) is 2.41. The smallest absolute Gasteiger partial charge is 0.127 e. The Morgan fingerprint density at radius 2 is 1.81 bits per heavy atom. The van der Waals surface area contributed by atoms with Crippen LogP contribution < -0.4 is 5.32 Å². The molecule has 1 N–H and O–H groups in total. The van der Waals surface area contributed by atoms with Crippen LogP contribution in [0, 0.1) is 5.82 Å². The van der Waals surface area contributed by atoms with Crippen molar-refractivity contribution in [3.05, 3.63) is 68.4 Å². The van der Waals surface area contributed by atoms with Gasteiger partial charge >= 0.3 is 0 Å². The summed E-state index contributed by atoms with van der Waals surface area (Å²) in [6, 6.07) is 14.1. The Morgan fingerprint density at radius 3 is 2.57 bits per heavy atom. The van der Waals surface area contributed by atoms with E-state index in [1.807, 2.05) is 12.1 Å². The number of rotatable bonds is 4. The first-order valence-electron chi connectivity index (χ1n) is 7.04. The van der Waals surface area contributed by atoms with E-state index < -0.39 is 0 Å². The van der Waals surface area contributed by atoms with Crippen LogP contribution in [0.3, 0.4) is 0 Å². The Hall–Kier alpha value is -0.710. The molecule has 0 spiro atoms. The molecule has 4 heteroatoms. The third-order valence-electron chi connectivity index (χ3n) is 4.05. The minimum Gasteiger partial charge on any atom is -0.310 e. The van der Waals surface area contributed by atoms with Crippen LogP contribution in [0.1, 0.15) is 29.9 Å². The van der Waals surface area contributed by atoms with E-state index in [1.54, 1.807) is 6.07 Å². The summed E-state index contributed by atoms with van der Waals surface area (Å²) in [5, 5.41) is 3.45. The lowest BCUT2D eigenvalue weighted by Gasteiger charge is -2.36. The van der Waals surface area contributed by atoms with E-state index in [1.165, 1.54) is 11.6 Å². The third-order valence-corrected chi connectivity index (χ3v) is 5.03. The maximum atomic E-state index is 13.7. The second-order valence-electron chi connectivity index (χ2n) is 5.54. The molecule has 0 atom stereocenters. The van der Waals surface area contributed by atoms with Crippen LogP contribution in [0.25, 0.3) is 0 Å². The zero-order valence-corrected chi connectivity index (χ0v) is 14.6. The van der Waals surface area contributed by atoms with E-state index in [2.05, 4.69) is 55.4 Å². The zero-order valence-electron chi connectivity index (χ0n) is 11.5. The Kier molecular flexibility index (Phi) is 4.77. The molecule has 1 fully saturated rings. The fourth-order valence-corrected chi connectivity index (χ4v) is 3.58. The largest absolute Gasteiger partial charge is 0.310 e. The standard InChI is InChI=1S/C17H16Br2FN/c18-14-3-1-2-11(6-14)12-8-16(9-12)21-10-13-7-15(19)4-5-17(13)20/h1-7,12,16,21H,8-10H2. The maximum absolute atomic E-state index is 13.7. The van der Waals surface area contributed by atoms with Gasteiger partial charge in [0.15, 0.2) is 0 Å². The minimum atomic E-state index is -0.145. The van der Waals surface area contributed by atoms with Crippen LogP contribution in [0.2, 0.25) is 0 Å². The molecule has 0 heterocycles. The molecule has 21 heavy (non-hydrogen) atoms. The molecule has 0 amide bonds. The summed E-state index contributed by atoms with van der Waals surface area (Å²) in [5.74, 6) is 0.473. The molecular formula is C17H16Br2FN. The van der Waals surface area contributed by atoms with Crippen molar-refractivity contribution in [2.45, 2.75) is 31.3 Å². The van der Waals surface area contributed by atoms with Crippen LogP contribution in [0.4, 0.5) is 4.39 Å². The lowest BCUT2D eigenvalue weighted by atomic mass is 9.76. The summed E-state index contributed by atoms with van der Waals surface area (Å²) in [7, 11) is 0. The van der Waals surface area contributed by atoms with Crippen molar-refractivity contribution in [3.63, 3.8) is 0 Å². The van der Waals surface area contributed by atoms with E-state index in [-0.39, 0.29) is 5.82 Å². The van der Waals surface area contributed by atoms with Gasteiger partial charge in [0.2, 0.25) is 0 Å². The Morgan fingerprint density at radius 1 is 1.05 bits per heavy atom. The van der Waals surface area contributed by atoms with Crippen LogP contribution >= 0.6 is 31.9 Å². The number of benzene rings is 2. The molecule has 0 aliphatic heterocycles. The van der Waals surface area contributed by atoms with Crippen molar-refractivity contribution in [3.8, 4) is 0 Å². The SMILES string of the molecule is Fc1ccc(Br)cc1CNC1CC(c2cccc(Br)c2)C1. The highest BCUT2D eigenvalue weighted by molar-refractivity contribution is 9.10. The van der Waals surface area contributed by atoms with E-state index in [0.29, 0.717) is 18.5 Å². The first-order valence-corrected chi connectivity index (χ1v) is 8.63. The first kappa shape index (κ1) is 15.2. The first-order chi connectivity index (χ1) is 10.1. The van der Waals surface area contributed by atoms with Crippen LogP contribution in [0.15, 0.2) is 51.4 Å². The number of hydrogen-bond donors (Lipinski definition) is 1. The summed E-state index contributed by atoms with van der Waals surface area (Å²) in [6.45, 7) is 0.584. The van der Waals surface area contributed by atoms with Gasteiger partial charge in [-0.2, -0.15) is 0 Å². The van der Waals surface area contributed by atoms with Crippen molar-refractivity contribution in [1.29, 1.82) is 0 Å². The molecule has 3 rings (SSSR count). The Balaban J connectivity index is 1.52. The predicted octanol–water partition coefficient (Wildman–Crippen LogP) is 5.39. The summed E-state index contributed by atoms with van der Waals surface area (Å²) >= 11 is 6.90. The van der Waals surface area contributed by atoms with Crippen molar-refractivity contribution in [2.75, 3.05) is 0 Å². The number of nitrogens with one attached hydrogen (secondary N) is 1. The maximum Gasteiger partial charge on any atom is 0.127 e. The Bertz CT molecular complexity index is 638. The van der Waals surface area contributed by atoms with E-state index >= 15 is 0 Å². The van der Waals surface area contributed by atoms with Crippen LogP contribution in [0.5, 0.6) is 0 Å². The number of hydrogen-bond acceptors (Lipinski definition) is 1. The van der Waals surface area contributed by atoms with Crippen molar-refractivity contribution in [2.24, 2.45) is 0 Å². The zero-order chi connectivity index (χ0) is 14.8. The lowest BCUT2D eigenvalue weighted by Crippen LogP contribution is -2.39. The van der Waals surface area contributed by atoms with Gasteiger partial charge in [0.1, 0.15) is 5.82 Å².